The molecule has 0 saturated carbocycles. The molecule has 2 heterocycles. The molecule has 0 bridgehead atoms. The Kier molecular flexibility index (Phi) is 2.26. The second kappa shape index (κ2) is 3.90. The van der Waals surface area contributed by atoms with Crippen LogP contribution in [0.2, 0.25) is 0 Å². The summed E-state index contributed by atoms with van der Waals surface area (Å²) in [6.45, 7) is 0. The zero-order chi connectivity index (χ0) is 11.7. The minimum absolute atomic E-state index is 0.837. The van der Waals surface area contributed by atoms with Crippen LogP contribution in [0.4, 0.5) is 0 Å². The van der Waals surface area contributed by atoms with E-state index in [0.717, 1.165) is 22.5 Å². The normalized spacial score (nSPS) is 10.6. The monoisotopic (exact) mass is 225 g/mol. The van der Waals surface area contributed by atoms with Crippen molar-refractivity contribution in [3.8, 4) is 16.9 Å². The third-order valence-electron chi connectivity index (χ3n) is 2.71. The van der Waals surface area contributed by atoms with Crippen molar-refractivity contribution in [2.45, 2.75) is 0 Å². The van der Waals surface area contributed by atoms with Crippen molar-refractivity contribution >= 4 is 5.65 Å². The second-order valence-electron chi connectivity index (χ2n) is 3.71. The molecular formula is C13H11N3O. The Morgan fingerprint density at radius 3 is 2.88 bits per heavy atom. The predicted molar refractivity (Wildman–Crippen MR) is 65.0 cm³/mol. The first-order valence-electron chi connectivity index (χ1n) is 5.31. The Morgan fingerprint density at radius 1 is 1.12 bits per heavy atom. The van der Waals surface area contributed by atoms with Crippen LogP contribution < -0.4 is 4.74 Å². The fraction of sp³-hybridized carbons (Fsp3) is 0.0769. The molecule has 2 aromatic heterocycles. The fourth-order valence-corrected chi connectivity index (χ4v) is 1.87. The number of methoxy groups -OCH3 is 1. The first-order chi connectivity index (χ1) is 8.38. The van der Waals surface area contributed by atoms with Gasteiger partial charge in [0, 0.05) is 17.3 Å². The van der Waals surface area contributed by atoms with E-state index in [1.807, 2.05) is 47.0 Å². The van der Waals surface area contributed by atoms with Crippen LogP contribution in [0.25, 0.3) is 16.8 Å². The average molecular weight is 225 g/mol. The summed E-state index contributed by atoms with van der Waals surface area (Å²) in [6, 6.07) is 11.9. The number of rotatable bonds is 2. The van der Waals surface area contributed by atoms with E-state index < -0.39 is 0 Å². The van der Waals surface area contributed by atoms with Crippen LogP contribution in [0.3, 0.4) is 0 Å². The molecule has 0 fully saturated rings. The van der Waals surface area contributed by atoms with Gasteiger partial charge in [-0.25, -0.2) is 0 Å². The Balaban J connectivity index is 2.19. The van der Waals surface area contributed by atoms with E-state index in [1.165, 1.54) is 0 Å². The highest BCUT2D eigenvalue weighted by Crippen LogP contribution is 2.29. The smallest absolute Gasteiger partial charge is 0.160 e. The highest BCUT2D eigenvalue weighted by Gasteiger charge is 2.05. The zero-order valence-corrected chi connectivity index (χ0v) is 9.37. The quantitative estimate of drug-likeness (QED) is 0.672. The van der Waals surface area contributed by atoms with Crippen molar-refractivity contribution in [1.29, 1.82) is 0 Å². The lowest BCUT2D eigenvalue weighted by molar-refractivity contribution is 0.416. The molecule has 0 atom stereocenters. The molecule has 4 heteroatoms. The summed E-state index contributed by atoms with van der Waals surface area (Å²) in [6.07, 6.45) is 3.68. The molecule has 1 aromatic carbocycles. The van der Waals surface area contributed by atoms with Crippen LogP contribution in [0.15, 0.2) is 48.9 Å². The summed E-state index contributed by atoms with van der Waals surface area (Å²) in [5, 5.41) is 7.84. The summed E-state index contributed by atoms with van der Waals surface area (Å²) in [5.74, 6) is 0.861. The number of para-hydroxylation sites is 1. The topological polar surface area (TPSA) is 39.4 Å². The van der Waals surface area contributed by atoms with Crippen LogP contribution in [0.1, 0.15) is 0 Å². The van der Waals surface area contributed by atoms with Crippen molar-refractivity contribution in [3.63, 3.8) is 0 Å². The van der Waals surface area contributed by atoms with E-state index in [9.17, 15) is 0 Å². The van der Waals surface area contributed by atoms with E-state index in [2.05, 4.69) is 10.2 Å². The third-order valence-corrected chi connectivity index (χ3v) is 2.71. The van der Waals surface area contributed by atoms with Gasteiger partial charge in [0.05, 0.1) is 7.11 Å². The van der Waals surface area contributed by atoms with Crippen LogP contribution in [-0.2, 0) is 0 Å². The molecule has 17 heavy (non-hydrogen) atoms. The summed E-state index contributed by atoms with van der Waals surface area (Å²) in [7, 11) is 1.68. The molecule has 0 saturated heterocycles. The lowest BCUT2D eigenvalue weighted by Crippen LogP contribution is -1.89. The molecule has 84 valence electrons. The number of pyridine rings is 1. The molecule has 0 aliphatic heterocycles. The molecule has 0 aliphatic carbocycles. The fourth-order valence-electron chi connectivity index (χ4n) is 1.87. The lowest BCUT2D eigenvalue weighted by Gasteiger charge is -2.08. The number of nitrogens with zero attached hydrogens (tertiary/aromatic N) is 3. The molecule has 3 aromatic rings. The van der Waals surface area contributed by atoms with Gasteiger partial charge in [-0.1, -0.05) is 18.2 Å². The van der Waals surface area contributed by atoms with Gasteiger partial charge in [0.1, 0.15) is 12.1 Å². The lowest BCUT2D eigenvalue weighted by atomic mass is 10.1. The Labute approximate surface area is 98.5 Å². The molecule has 4 nitrogen and oxygen atoms in total. The number of benzene rings is 1. The molecule has 0 amide bonds. The highest BCUT2D eigenvalue weighted by molar-refractivity contribution is 5.70. The maximum absolute atomic E-state index is 5.35. The number of hydrogen-bond acceptors (Lipinski definition) is 3. The number of aromatic nitrogens is 3. The number of hydrogen-bond donors (Lipinski definition) is 0. The molecule has 0 N–H and O–H groups in total. The predicted octanol–water partition coefficient (Wildman–Crippen LogP) is 2.40. The molecule has 3 rings (SSSR count). The Hall–Kier alpha value is -2.36. The summed E-state index contributed by atoms with van der Waals surface area (Å²) >= 11 is 0. The van der Waals surface area contributed by atoms with E-state index >= 15 is 0 Å². The van der Waals surface area contributed by atoms with Crippen LogP contribution in [-0.4, -0.2) is 21.7 Å². The van der Waals surface area contributed by atoms with Gasteiger partial charge in [0.25, 0.3) is 0 Å². The van der Waals surface area contributed by atoms with E-state index in [0.29, 0.717) is 0 Å². The van der Waals surface area contributed by atoms with E-state index in [1.54, 1.807) is 13.4 Å². The summed E-state index contributed by atoms with van der Waals surface area (Å²) in [4.78, 5) is 0. The summed E-state index contributed by atoms with van der Waals surface area (Å²) < 4.78 is 7.24. The van der Waals surface area contributed by atoms with Gasteiger partial charge in [-0.3, -0.25) is 4.40 Å². The highest BCUT2D eigenvalue weighted by atomic mass is 16.5. The Bertz CT molecular complexity index is 660. The first kappa shape index (κ1) is 9.84. The standard InChI is InChI=1S/C13H11N3O/c1-17-12-5-3-2-4-11(12)10-6-7-13-15-14-9-16(13)8-10/h2-9H,1H3. The first-order valence-corrected chi connectivity index (χ1v) is 5.31. The van der Waals surface area contributed by atoms with Crippen LogP contribution in [0, 0.1) is 0 Å². The van der Waals surface area contributed by atoms with E-state index in [4.69, 9.17) is 4.74 Å². The number of ether oxygens (including phenoxy) is 1. The van der Waals surface area contributed by atoms with Gasteiger partial charge < -0.3 is 4.74 Å². The SMILES string of the molecule is COc1ccccc1-c1ccc2nncn2c1. The maximum Gasteiger partial charge on any atom is 0.160 e. The van der Waals surface area contributed by atoms with Crippen molar-refractivity contribution in [2.24, 2.45) is 0 Å². The molecule has 0 aliphatic rings. The second-order valence-corrected chi connectivity index (χ2v) is 3.71. The van der Waals surface area contributed by atoms with Gasteiger partial charge in [-0.15, -0.1) is 10.2 Å². The van der Waals surface area contributed by atoms with Crippen molar-refractivity contribution in [1.82, 2.24) is 14.6 Å². The Morgan fingerprint density at radius 2 is 2.00 bits per heavy atom. The number of fused-ring (bicyclic) bond motifs is 1. The van der Waals surface area contributed by atoms with Crippen molar-refractivity contribution in [2.75, 3.05) is 7.11 Å². The minimum Gasteiger partial charge on any atom is -0.496 e. The zero-order valence-electron chi connectivity index (χ0n) is 9.37. The third kappa shape index (κ3) is 1.63. The van der Waals surface area contributed by atoms with Gasteiger partial charge in [0.15, 0.2) is 5.65 Å². The van der Waals surface area contributed by atoms with Crippen LogP contribution in [0.5, 0.6) is 5.75 Å². The van der Waals surface area contributed by atoms with Gasteiger partial charge in [0.2, 0.25) is 0 Å². The van der Waals surface area contributed by atoms with Crippen molar-refractivity contribution in [3.05, 3.63) is 48.9 Å². The van der Waals surface area contributed by atoms with Gasteiger partial charge >= 0.3 is 0 Å². The largest absolute Gasteiger partial charge is 0.496 e. The molecular weight excluding hydrogens is 214 g/mol. The van der Waals surface area contributed by atoms with Crippen LogP contribution >= 0.6 is 0 Å². The maximum atomic E-state index is 5.35. The molecule has 0 unspecified atom stereocenters. The minimum atomic E-state index is 0.837. The molecule has 0 radical (unpaired) electrons. The van der Waals surface area contributed by atoms with Gasteiger partial charge in [-0.05, 0) is 18.2 Å². The summed E-state index contributed by atoms with van der Waals surface area (Å²) in [5.41, 5.74) is 2.98. The van der Waals surface area contributed by atoms with E-state index in [-0.39, 0.29) is 0 Å². The van der Waals surface area contributed by atoms with Gasteiger partial charge in [-0.2, -0.15) is 0 Å². The molecule has 0 spiro atoms. The average Bonchev–Trinajstić information content (AvgIpc) is 2.85. The van der Waals surface area contributed by atoms with Crippen molar-refractivity contribution < 1.29 is 4.74 Å².